The highest BCUT2D eigenvalue weighted by atomic mass is 35.5. The fourth-order valence-electron chi connectivity index (χ4n) is 3.52. The zero-order valence-electron chi connectivity index (χ0n) is 11.8. The van der Waals surface area contributed by atoms with Gasteiger partial charge in [0.05, 0.1) is 18.4 Å². The Balaban J connectivity index is 1.77. The molecule has 2 saturated carbocycles. The number of aliphatic carboxylic acids is 2. The minimum absolute atomic E-state index is 0.0523. The molecule has 2 aliphatic rings. The normalized spacial score (nSPS) is 38.1. The van der Waals surface area contributed by atoms with Crippen molar-refractivity contribution in [2.24, 2.45) is 17.6 Å². The molecule has 23 heavy (non-hydrogen) atoms. The Kier molecular flexibility index (Phi) is 3.58. The number of carboxylic acids is 2. The number of nitrogens with zero attached hydrogens (tertiary/aromatic N) is 1. The number of halogens is 2. The van der Waals surface area contributed by atoms with E-state index in [9.17, 15) is 19.1 Å². The van der Waals surface area contributed by atoms with E-state index in [4.69, 9.17) is 27.2 Å². The summed E-state index contributed by atoms with van der Waals surface area (Å²) in [5.41, 5.74) is 1.65. The zero-order valence-corrected chi connectivity index (χ0v) is 12.5. The maximum absolute atomic E-state index is 14.3. The molecule has 7 nitrogen and oxygen atoms in total. The number of carbonyl (C=O) groups is 2. The van der Waals surface area contributed by atoms with Gasteiger partial charge in [-0.3, -0.25) is 4.79 Å². The van der Waals surface area contributed by atoms with E-state index in [-0.39, 0.29) is 18.2 Å². The van der Waals surface area contributed by atoms with Crippen LogP contribution in [-0.4, -0.2) is 44.4 Å². The molecule has 0 aromatic carbocycles. The van der Waals surface area contributed by atoms with E-state index in [0.29, 0.717) is 5.69 Å². The molecule has 2 fully saturated rings. The molecule has 0 aliphatic heterocycles. The number of nitrogens with two attached hydrogens (primary N) is 1. The Hall–Kier alpha value is -1.77. The van der Waals surface area contributed by atoms with Crippen LogP contribution in [0.5, 0.6) is 0 Å². The van der Waals surface area contributed by atoms with E-state index >= 15 is 0 Å². The summed E-state index contributed by atoms with van der Waals surface area (Å²) in [7, 11) is 0. The minimum Gasteiger partial charge on any atom is -0.480 e. The molecule has 0 saturated heterocycles. The standard InChI is InChI=1S/C14H14ClFN2O5/c15-9-3-1-2-6(18-9)5-23-8-4-7-10(13(7,16)11(19)20)14(8,17)12(21)22/h1-3,7-8,10H,4-5,17H2,(H,19,20)(H,21,22). The third-order valence-electron chi connectivity index (χ3n) is 4.70. The second-order valence-corrected chi connectivity index (χ2v) is 6.27. The number of hydrogen-bond donors (Lipinski definition) is 3. The van der Waals surface area contributed by atoms with Crippen LogP contribution in [0.15, 0.2) is 18.2 Å². The van der Waals surface area contributed by atoms with Crippen LogP contribution in [0.4, 0.5) is 4.39 Å². The van der Waals surface area contributed by atoms with Crippen LogP contribution < -0.4 is 5.73 Å². The molecular formula is C14H14ClFN2O5. The van der Waals surface area contributed by atoms with E-state index < -0.39 is 41.1 Å². The molecular weight excluding hydrogens is 331 g/mol. The average Bonchev–Trinajstić information content (AvgIpc) is 2.95. The first-order chi connectivity index (χ1) is 10.7. The second-order valence-electron chi connectivity index (χ2n) is 5.88. The van der Waals surface area contributed by atoms with Crippen LogP contribution in [0.25, 0.3) is 0 Å². The highest BCUT2D eigenvalue weighted by Gasteiger charge is 2.85. The first kappa shape index (κ1) is 16.1. The predicted molar refractivity (Wildman–Crippen MR) is 75.5 cm³/mol. The number of alkyl halides is 1. The highest BCUT2D eigenvalue weighted by molar-refractivity contribution is 6.29. The van der Waals surface area contributed by atoms with Crippen molar-refractivity contribution in [3.8, 4) is 0 Å². The van der Waals surface area contributed by atoms with Gasteiger partial charge in [0.25, 0.3) is 0 Å². The third-order valence-corrected chi connectivity index (χ3v) is 4.91. The molecule has 124 valence electrons. The highest BCUT2D eigenvalue weighted by Crippen LogP contribution is 2.67. The lowest BCUT2D eigenvalue weighted by Crippen LogP contribution is -2.60. The molecule has 4 N–H and O–H groups in total. The summed E-state index contributed by atoms with van der Waals surface area (Å²) in [6.07, 6.45) is -1.07. The fraction of sp³-hybridized carbons (Fsp3) is 0.500. The van der Waals surface area contributed by atoms with Gasteiger partial charge in [-0.2, -0.15) is 0 Å². The van der Waals surface area contributed by atoms with Crippen LogP contribution >= 0.6 is 11.6 Å². The summed E-state index contributed by atoms with van der Waals surface area (Å²) in [5, 5.41) is 18.6. The second kappa shape index (κ2) is 5.12. The Bertz CT molecular complexity index is 689. The molecule has 0 bridgehead atoms. The largest absolute Gasteiger partial charge is 0.480 e. The first-order valence-electron chi connectivity index (χ1n) is 6.90. The van der Waals surface area contributed by atoms with Gasteiger partial charge in [0, 0.05) is 11.8 Å². The first-order valence-corrected chi connectivity index (χ1v) is 7.27. The Morgan fingerprint density at radius 3 is 2.70 bits per heavy atom. The van der Waals surface area contributed by atoms with E-state index in [2.05, 4.69) is 4.98 Å². The van der Waals surface area contributed by atoms with Crippen molar-refractivity contribution in [2.45, 2.75) is 30.3 Å². The number of carboxylic acid groups (broad SMARTS) is 2. The number of fused-ring (bicyclic) bond motifs is 1. The summed E-state index contributed by atoms with van der Waals surface area (Å²) < 4.78 is 19.9. The molecule has 0 amide bonds. The van der Waals surface area contributed by atoms with Crippen LogP contribution in [0.3, 0.4) is 0 Å². The number of pyridine rings is 1. The van der Waals surface area contributed by atoms with Crippen LogP contribution in [0.2, 0.25) is 5.15 Å². The van der Waals surface area contributed by atoms with Gasteiger partial charge < -0.3 is 20.7 Å². The number of ether oxygens (including phenoxy) is 1. The van der Waals surface area contributed by atoms with Crippen molar-refractivity contribution in [2.75, 3.05) is 0 Å². The van der Waals surface area contributed by atoms with Gasteiger partial charge in [-0.25, -0.2) is 14.2 Å². The molecule has 2 aliphatic carbocycles. The van der Waals surface area contributed by atoms with Gasteiger partial charge in [0.15, 0.2) is 0 Å². The van der Waals surface area contributed by atoms with Gasteiger partial charge in [-0.15, -0.1) is 0 Å². The van der Waals surface area contributed by atoms with Crippen molar-refractivity contribution >= 4 is 23.5 Å². The maximum atomic E-state index is 14.3. The maximum Gasteiger partial charge on any atom is 0.342 e. The molecule has 5 atom stereocenters. The van der Waals surface area contributed by atoms with Gasteiger partial charge in [-0.05, 0) is 18.6 Å². The zero-order chi connectivity index (χ0) is 17.0. The summed E-state index contributed by atoms with van der Waals surface area (Å²) >= 11 is 5.75. The quantitative estimate of drug-likeness (QED) is 0.676. The molecule has 9 heteroatoms. The smallest absolute Gasteiger partial charge is 0.342 e. The Morgan fingerprint density at radius 2 is 2.13 bits per heavy atom. The van der Waals surface area contributed by atoms with Crippen LogP contribution in [-0.2, 0) is 20.9 Å². The third kappa shape index (κ3) is 2.20. The van der Waals surface area contributed by atoms with Crippen molar-refractivity contribution in [3.05, 3.63) is 29.0 Å². The molecule has 0 spiro atoms. The Morgan fingerprint density at radius 1 is 1.43 bits per heavy atom. The van der Waals surface area contributed by atoms with Crippen molar-refractivity contribution < 1.29 is 28.9 Å². The van der Waals surface area contributed by atoms with Crippen molar-refractivity contribution in [1.82, 2.24) is 4.98 Å². The van der Waals surface area contributed by atoms with Gasteiger partial charge in [-0.1, -0.05) is 17.7 Å². The van der Waals surface area contributed by atoms with Gasteiger partial charge in [0.2, 0.25) is 5.67 Å². The monoisotopic (exact) mass is 344 g/mol. The van der Waals surface area contributed by atoms with Crippen molar-refractivity contribution in [1.29, 1.82) is 0 Å². The average molecular weight is 345 g/mol. The fourth-order valence-corrected chi connectivity index (χ4v) is 3.71. The summed E-state index contributed by atoms with van der Waals surface area (Å²) in [5.74, 6) is -5.42. The topological polar surface area (TPSA) is 123 Å². The van der Waals surface area contributed by atoms with Crippen molar-refractivity contribution in [3.63, 3.8) is 0 Å². The molecule has 5 unspecified atom stereocenters. The van der Waals surface area contributed by atoms with Gasteiger partial charge >= 0.3 is 11.9 Å². The Labute approximate surface area is 135 Å². The predicted octanol–water partition coefficient (Wildman–Crippen LogP) is 0.845. The number of aromatic nitrogens is 1. The number of hydrogen-bond acceptors (Lipinski definition) is 5. The lowest BCUT2D eigenvalue weighted by molar-refractivity contribution is -0.156. The summed E-state index contributed by atoms with van der Waals surface area (Å²) in [6, 6.07) is 4.87. The van der Waals surface area contributed by atoms with E-state index in [1.54, 1.807) is 18.2 Å². The van der Waals surface area contributed by atoms with E-state index in [0.717, 1.165) is 0 Å². The number of rotatable bonds is 5. The van der Waals surface area contributed by atoms with Gasteiger partial charge in [0.1, 0.15) is 10.7 Å². The molecule has 1 aromatic heterocycles. The van der Waals surface area contributed by atoms with Crippen LogP contribution in [0.1, 0.15) is 12.1 Å². The minimum atomic E-state index is -2.60. The molecule has 1 aromatic rings. The SMILES string of the molecule is NC1(C(=O)O)C(OCc2cccc(Cl)n2)CC2C1C2(F)C(=O)O. The lowest BCUT2D eigenvalue weighted by Gasteiger charge is -2.31. The van der Waals surface area contributed by atoms with E-state index in [1.807, 2.05) is 0 Å². The summed E-state index contributed by atoms with van der Waals surface area (Å²) in [6.45, 7) is -0.0523. The van der Waals surface area contributed by atoms with E-state index in [1.165, 1.54) is 0 Å². The molecule has 3 rings (SSSR count). The summed E-state index contributed by atoms with van der Waals surface area (Å²) in [4.78, 5) is 26.6. The molecule has 0 radical (unpaired) electrons. The molecule has 1 heterocycles. The lowest BCUT2D eigenvalue weighted by atomic mass is 9.88. The van der Waals surface area contributed by atoms with Crippen LogP contribution in [0, 0.1) is 11.8 Å².